The molecule has 2 aliphatic rings. The van der Waals surface area contributed by atoms with Crippen LogP contribution in [-0.2, 0) is 16.6 Å². The monoisotopic (exact) mass is 403 g/mol. The number of nitro groups is 1. The van der Waals surface area contributed by atoms with Gasteiger partial charge in [-0.15, -0.1) is 0 Å². The Bertz CT molecular complexity index is 1000. The molecule has 1 saturated heterocycles. The van der Waals surface area contributed by atoms with Crippen molar-refractivity contribution in [3.8, 4) is 5.75 Å². The van der Waals surface area contributed by atoms with Crippen LogP contribution in [0.2, 0.25) is 0 Å². The van der Waals surface area contributed by atoms with Crippen LogP contribution in [0.5, 0.6) is 5.75 Å². The second-order valence-corrected chi connectivity index (χ2v) is 9.03. The minimum atomic E-state index is -3.95. The van der Waals surface area contributed by atoms with E-state index in [0.717, 1.165) is 11.3 Å². The molecule has 1 N–H and O–H groups in total. The van der Waals surface area contributed by atoms with E-state index in [-0.39, 0.29) is 18.0 Å². The number of fused-ring (bicyclic) bond motifs is 1. The zero-order chi connectivity index (χ0) is 19.8. The molecule has 2 aromatic carbocycles. The molecule has 0 radical (unpaired) electrons. The quantitative estimate of drug-likeness (QED) is 0.623. The fourth-order valence-corrected chi connectivity index (χ4v) is 5.42. The molecule has 8 nitrogen and oxygen atoms in total. The predicted octanol–water partition coefficient (Wildman–Crippen LogP) is 2.30. The smallest absolute Gasteiger partial charge is 0.289 e. The van der Waals surface area contributed by atoms with Gasteiger partial charge in [0.05, 0.1) is 4.92 Å². The molecule has 0 atom stereocenters. The minimum absolute atomic E-state index is 0.248. The topological polar surface area (TPSA) is 102 Å². The molecule has 148 valence electrons. The van der Waals surface area contributed by atoms with Gasteiger partial charge in [-0.3, -0.25) is 10.1 Å². The number of hydrogen-bond acceptors (Lipinski definition) is 6. The number of benzene rings is 2. The highest BCUT2D eigenvalue weighted by atomic mass is 32.2. The Kier molecular flexibility index (Phi) is 4.82. The van der Waals surface area contributed by atoms with Crippen LogP contribution in [0.3, 0.4) is 0 Å². The Morgan fingerprint density at radius 3 is 2.50 bits per heavy atom. The third kappa shape index (κ3) is 3.36. The zero-order valence-corrected chi connectivity index (χ0v) is 16.0. The van der Waals surface area contributed by atoms with Gasteiger partial charge < -0.3 is 10.1 Å². The second kappa shape index (κ2) is 7.16. The number of nitro benzene ring substituents is 1. The number of nitrogens with zero attached hydrogens (tertiary/aromatic N) is 2. The van der Waals surface area contributed by atoms with Crippen molar-refractivity contribution in [1.29, 1.82) is 0 Å². The largest absolute Gasteiger partial charge is 0.486 e. The predicted molar refractivity (Wildman–Crippen MR) is 103 cm³/mol. The van der Waals surface area contributed by atoms with Crippen LogP contribution < -0.4 is 10.1 Å². The molecular formula is C19H21N3O5S. The first kappa shape index (κ1) is 18.9. The van der Waals surface area contributed by atoms with Gasteiger partial charge in [-0.25, -0.2) is 8.42 Å². The summed E-state index contributed by atoms with van der Waals surface area (Å²) >= 11 is 0. The van der Waals surface area contributed by atoms with E-state index in [2.05, 4.69) is 5.32 Å². The van der Waals surface area contributed by atoms with Crippen LogP contribution in [0.15, 0.2) is 53.4 Å². The summed E-state index contributed by atoms with van der Waals surface area (Å²) in [6.07, 6.45) is 1.02. The van der Waals surface area contributed by atoms with Crippen molar-refractivity contribution in [2.45, 2.75) is 29.9 Å². The lowest BCUT2D eigenvalue weighted by Gasteiger charge is -2.40. The molecule has 0 aromatic heterocycles. The van der Waals surface area contributed by atoms with Crippen molar-refractivity contribution in [2.24, 2.45) is 0 Å². The second-order valence-electron chi connectivity index (χ2n) is 7.13. The molecule has 28 heavy (non-hydrogen) atoms. The van der Waals surface area contributed by atoms with Crippen LogP contribution in [0.4, 0.5) is 5.69 Å². The van der Waals surface area contributed by atoms with Crippen LogP contribution in [-0.4, -0.2) is 42.9 Å². The van der Waals surface area contributed by atoms with E-state index < -0.39 is 26.2 Å². The first-order valence-electron chi connectivity index (χ1n) is 9.13. The molecule has 0 bridgehead atoms. The molecule has 0 saturated carbocycles. The van der Waals surface area contributed by atoms with Crippen molar-refractivity contribution in [3.05, 3.63) is 64.2 Å². The molecule has 1 fully saturated rings. The summed E-state index contributed by atoms with van der Waals surface area (Å²) in [7, 11) is -3.95. The van der Waals surface area contributed by atoms with Crippen LogP contribution in [0, 0.1) is 10.1 Å². The highest BCUT2D eigenvalue weighted by Crippen LogP contribution is 2.35. The summed E-state index contributed by atoms with van der Waals surface area (Å²) < 4.78 is 33.7. The lowest BCUT2D eigenvalue weighted by Crippen LogP contribution is -2.53. The van der Waals surface area contributed by atoms with E-state index in [1.165, 1.54) is 28.6 Å². The highest BCUT2D eigenvalue weighted by molar-refractivity contribution is 7.89. The number of nitrogens with one attached hydrogen (secondary N) is 1. The maximum atomic E-state index is 13.0. The number of para-hydroxylation sites is 2. The maximum absolute atomic E-state index is 13.0. The molecular weight excluding hydrogens is 382 g/mol. The Morgan fingerprint density at radius 1 is 1.07 bits per heavy atom. The Balaban J connectivity index is 1.55. The number of ether oxygens (including phenoxy) is 1. The van der Waals surface area contributed by atoms with E-state index in [1.54, 1.807) is 0 Å². The molecule has 2 aromatic rings. The van der Waals surface area contributed by atoms with Crippen molar-refractivity contribution >= 4 is 15.7 Å². The molecule has 0 unspecified atom stereocenters. The summed E-state index contributed by atoms with van der Waals surface area (Å²) in [5, 5.41) is 14.6. The van der Waals surface area contributed by atoms with Gasteiger partial charge in [0.25, 0.3) is 5.69 Å². The third-order valence-electron chi connectivity index (χ3n) is 5.38. The lowest BCUT2D eigenvalue weighted by atomic mass is 9.92. The summed E-state index contributed by atoms with van der Waals surface area (Å²) in [5.74, 6) is 0.822. The van der Waals surface area contributed by atoms with Crippen molar-refractivity contribution in [3.63, 3.8) is 0 Å². The minimum Gasteiger partial charge on any atom is -0.486 e. The molecule has 9 heteroatoms. The molecule has 0 amide bonds. The Labute approximate surface area is 163 Å². The van der Waals surface area contributed by atoms with Crippen LogP contribution in [0.1, 0.15) is 18.4 Å². The fourth-order valence-electron chi connectivity index (χ4n) is 3.82. The average molecular weight is 403 g/mol. The normalized spacial score (nSPS) is 19.4. The van der Waals surface area contributed by atoms with Crippen LogP contribution >= 0.6 is 0 Å². The standard InChI is InChI=1S/C19H21N3O5S/c23-22(24)16-6-2-4-8-18(16)28(25,26)21-11-9-19(10-12-21)14-20-13-15-5-1-3-7-17(15)27-19/h1-8,20H,9-14H2. The maximum Gasteiger partial charge on any atom is 0.289 e. The van der Waals surface area contributed by atoms with Crippen molar-refractivity contribution < 1.29 is 18.1 Å². The van der Waals surface area contributed by atoms with Gasteiger partial charge in [-0.1, -0.05) is 30.3 Å². The number of piperidine rings is 1. The van der Waals surface area contributed by atoms with E-state index in [0.29, 0.717) is 25.9 Å². The summed E-state index contributed by atoms with van der Waals surface area (Å²) in [5.41, 5.74) is 0.194. The van der Waals surface area contributed by atoms with Gasteiger partial charge in [0, 0.05) is 50.7 Å². The van der Waals surface area contributed by atoms with E-state index in [1.807, 2.05) is 24.3 Å². The molecule has 0 aliphatic carbocycles. The summed E-state index contributed by atoms with van der Waals surface area (Å²) in [6, 6.07) is 13.3. The summed E-state index contributed by atoms with van der Waals surface area (Å²) in [6.45, 7) is 1.83. The average Bonchev–Trinajstić information content (AvgIpc) is 2.87. The van der Waals surface area contributed by atoms with Gasteiger partial charge in [-0.2, -0.15) is 4.31 Å². The van der Waals surface area contributed by atoms with Gasteiger partial charge in [0.1, 0.15) is 11.4 Å². The zero-order valence-electron chi connectivity index (χ0n) is 15.2. The van der Waals surface area contributed by atoms with E-state index in [9.17, 15) is 18.5 Å². The van der Waals surface area contributed by atoms with E-state index in [4.69, 9.17) is 4.74 Å². The Hall–Kier alpha value is -2.49. The van der Waals surface area contributed by atoms with Gasteiger partial charge >= 0.3 is 0 Å². The van der Waals surface area contributed by atoms with Crippen LogP contribution in [0.25, 0.3) is 0 Å². The molecule has 2 aliphatic heterocycles. The summed E-state index contributed by atoms with van der Waals surface area (Å²) in [4.78, 5) is 10.3. The Morgan fingerprint density at radius 2 is 1.75 bits per heavy atom. The number of rotatable bonds is 3. The SMILES string of the molecule is O=[N+]([O-])c1ccccc1S(=O)(=O)N1CCC2(CC1)CNCc1ccccc1O2. The van der Waals surface area contributed by atoms with Gasteiger partial charge in [0.15, 0.2) is 4.90 Å². The number of sulfonamides is 1. The molecule has 1 spiro atoms. The van der Waals surface area contributed by atoms with Gasteiger partial charge in [0.2, 0.25) is 10.0 Å². The number of hydrogen-bond donors (Lipinski definition) is 1. The fraction of sp³-hybridized carbons (Fsp3) is 0.368. The van der Waals surface area contributed by atoms with E-state index >= 15 is 0 Å². The van der Waals surface area contributed by atoms with Gasteiger partial charge in [-0.05, 0) is 12.1 Å². The van der Waals surface area contributed by atoms with Crippen molar-refractivity contribution in [1.82, 2.24) is 9.62 Å². The molecule has 2 heterocycles. The first-order chi connectivity index (χ1) is 13.4. The third-order valence-corrected chi connectivity index (χ3v) is 7.32. The first-order valence-corrected chi connectivity index (χ1v) is 10.6. The molecule has 4 rings (SSSR count). The lowest BCUT2D eigenvalue weighted by molar-refractivity contribution is -0.387. The highest BCUT2D eigenvalue weighted by Gasteiger charge is 2.42. The van der Waals surface area contributed by atoms with Crippen molar-refractivity contribution in [2.75, 3.05) is 19.6 Å².